The van der Waals surface area contributed by atoms with Crippen molar-refractivity contribution in [2.75, 3.05) is 26.3 Å². The maximum atomic E-state index is 12.8. The minimum absolute atomic E-state index is 0.00918. The number of morpholine rings is 1. The first-order valence-corrected chi connectivity index (χ1v) is 9.52. The Morgan fingerprint density at radius 2 is 1.75 bits per heavy atom. The van der Waals surface area contributed by atoms with Gasteiger partial charge in [0.2, 0.25) is 11.8 Å². The van der Waals surface area contributed by atoms with Crippen LogP contribution >= 0.6 is 0 Å². The zero-order valence-corrected chi connectivity index (χ0v) is 14.6. The average Bonchev–Trinajstić information content (AvgIpc) is 3.05. The van der Waals surface area contributed by atoms with Gasteiger partial charge in [-0.15, -0.1) is 0 Å². The maximum absolute atomic E-state index is 12.8. The Kier molecular flexibility index (Phi) is 5.76. The summed E-state index contributed by atoms with van der Waals surface area (Å²) in [5.41, 5.74) is 5.52. The number of primary amides is 1. The Morgan fingerprint density at radius 1 is 1.08 bits per heavy atom. The zero-order valence-electron chi connectivity index (χ0n) is 14.6. The second-order valence-electron chi connectivity index (χ2n) is 7.67. The summed E-state index contributed by atoms with van der Waals surface area (Å²) in [5, 5.41) is 3.14. The van der Waals surface area contributed by atoms with Gasteiger partial charge in [0.05, 0.1) is 19.1 Å². The fourth-order valence-corrected chi connectivity index (χ4v) is 4.88. The van der Waals surface area contributed by atoms with Gasteiger partial charge in [-0.05, 0) is 25.7 Å². The highest BCUT2D eigenvalue weighted by molar-refractivity contribution is 5.81. The molecule has 1 saturated heterocycles. The first kappa shape index (κ1) is 17.7. The van der Waals surface area contributed by atoms with Crippen molar-refractivity contribution in [1.82, 2.24) is 10.2 Å². The van der Waals surface area contributed by atoms with Crippen LogP contribution in [-0.4, -0.2) is 54.6 Å². The van der Waals surface area contributed by atoms with E-state index in [9.17, 15) is 9.59 Å². The quantitative estimate of drug-likeness (QED) is 0.789. The molecule has 2 aliphatic carbocycles. The van der Waals surface area contributed by atoms with Crippen molar-refractivity contribution < 1.29 is 14.3 Å². The Balaban J connectivity index is 1.62. The molecule has 1 heterocycles. The third-order valence-electron chi connectivity index (χ3n) is 6.18. The number of hydrogen-bond acceptors (Lipinski definition) is 4. The van der Waals surface area contributed by atoms with Crippen molar-refractivity contribution in [3.05, 3.63) is 0 Å². The molecular formula is C18H31N3O3. The van der Waals surface area contributed by atoms with Gasteiger partial charge in [-0.25, -0.2) is 0 Å². The van der Waals surface area contributed by atoms with Crippen LogP contribution < -0.4 is 11.1 Å². The van der Waals surface area contributed by atoms with Crippen LogP contribution in [0.3, 0.4) is 0 Å². The first-order valence-electron chi connectivity index (χ1n) is 9.52. The summed E-state index contributed by atoms with van der Waals surface area (Å²) in [7, 11) is 0. The lowest BCUT2D eigenvalue weighted by atomic mass is 9.83. The number of ether oxygens (including phenoxy) is 1. The van der Waals surface area contributed by atoms with Crippen molar-refractivity contribution in [2.45, 2.75) is 69.4 Å². The summed E-state index contributed by atoms with van der Waals surface area (Å²) in [6.45, 7) is 3.35. The van der Waals surface area contributed by atoms with Crippen LogP contribution in [0.1, 0.15) is 57.8 Å². The van der Waals surface area contributed by atoms with Crippen molar-refractivity contribution in [3.63, 3.8) is 0 Å². The van der Waals surface area contributed by atoms with E-state index in [1.807, 2.05) is 0 Å². The average molecular weight is 337 g/mol. The number of amides is 2. The number of nitrogens with two attached hydrogens (primary N) is 1. The van der Waals surface area contributed by atoms with Crippen LogP contribution in [-0.2, 0) is 14.3 Å². The van der Waals surface area contributed by atoms with Crippen LogP contribution in [0.25, 0.3) is 0 Å². The predicted octanol–water partition coefficient (Wildman–Crippen LogP) is 1.18. The SMILES string of the molecule is NC(=O)C1CCCCC1NC(=O)CC1(N2CCOCC2)CCCC1. The number of carbonyl (C=O) groups is 2. The van der Waals surface area contributed by atoms with Crippen LogP contribution in [0, 0.1) is 5.92 Å². The molecule has 2 amide bonds. The molecule has 0 aromatic rings. The van der Waals surface area contributed by atoms with E-state index in [0.29, 0.717) is 6.42 Å². The Hall–Kier alpha value is -1.14. The van der Waals surface area contributed by atoms with Gasteiger partial charge in [-0.2, -0.15) is 0 Å². The van der Waals surface area contributed by atoms with Crippen LogP contribution in [0.5, 0.6) is 0 Å². The molecule has 3 aliphatic rings. The second kappa shape index (κ2) is 7.83. The lowest BCUT2D eigenvalue weighted by molar-refractivity contribution is -0.128. The molecule has 2 atom stereocenters. The summed E-state index contributed by atoms with van der Waals surface area (Å²) >= 11 is 0. The summed E-state index contributed by atoms with van der Waals surface area (Å²) in [6, 6.07) is -0.0770. The number of carbonyl (C=O) groups excluding carboxylic acids is 2. The summed E-state index contributed by atoms with van der Waals surface area (Å²) in [5.74, 6) is -0.393. The monoisotopic (exact) mass is 337 g/mol. The lowest BCUT2D eigenvalue weighted by Gasteiger charge is -2.43. The van der Waals surface area contributed by atoms with E-state index in [2.05, 4.69) is 10.2 Å². The third kappa shape index (κ3) is 3.91. The fourth-order valence-electron chi connectivity index (χ4n) is 4.88. The molecule has 24 heavy (non-hydrogen) atoms. The van der Waals surface area contributed by atoms with Gasteiger partial charge in [0.15, 0.2) is 0 Å². The standard InChI is InChI=1S/C18H31N3O3/c19-17(23)14-5-1-2-6-15(14)20-16(22)13-18(7-3-4-8-18)21-9-11-24-12-10-21/h14-15H,1-13H2,(H2,19,23)(H,20,22). The van der Waals surface area contributed by atoms with E-state index in [1.165, 1.54) is 12.8 Å². The molecule has 136 valence electrons. The smallest absolute Gasteiger partial charge is 0.222 e. The topological polar surface area (TPSA) is 84.7 Å². The van der Waals surface area contributed by atoms with E-state index < -0.39 is 0 Å². The first-order chi connectivity index (χ1) is 11.6. The molecule has 6 heteroatoms. The highest BCUT2D eigenvalue weighted by Crippen LogP contribution is 2.38. The molecule has 1 aliphatic heterocycles. The van der Waals surface area contributed by atoms with Gasteiger partial charge in [0.1, 0.15) is 0 Å². The highest BCUT2D eigenvalue weighted by atomic mass is 16.5. The minimum atomic E-state index is -0.274. The molecule has 3 fully saturated rings. The van der Waals surface area contributed by atoms with E-state index in [0.717, 1.165) is 64.8 Å². The largest absolute Gasteiger partial charge is 0.379 e. The predicted molar refractivity (Wildman–Crippen MR) is 91.3 cm³/mol. The number of rotatable bonds is 5. The van der Waals surface area contributed by atoms with Crippen molar-refractivity contribution in [1.29, 1.82) is 0 Å². The molecule has 2 saturated carbocycles. The van der Waals surface area contributed by atoms with E-state index in [1.54, 1.807) is 0 Å². The number of nitrogens with one attached hydrogen (secondary N) is 1. The molecule has 3 N–H and O–H groups in total. The summed E-state index contributed by atoms with van der Waals surface area (Å²) in [4.78, 5) is 26.9. The van der Waals surface area contributed by atoms with Gasteiger partial charge in [0.25, 0.3) is 0 Å². The normalized spacial score (nSPS) is 30.8. The molecule has 0 radical (unpaired) electrons. The second-order valence-corrected chi connectivity index (χ2v) is 7.67. The molecule has 0 bridgehead atoms. The molecular weight excluding hydrogens is 306 g/mol. The van der Waals surface area contributed by atoms with Gasteiger partial charge >= 0.3 is 0 Å². The van der Waals surface area contributed by atoms with Gasteiger partial charge in [-0.1, -0.05) is 25.7 Å². The summed E-state index contributed by atoms with van der Waals surface area (Å²) < 4.78 is 5.48. The van der Waals surface area contributed by atoms with Crippen molar-refractivity contribution >= 4 is 11.8 Å². The third-order valence-corrected chi connectivity index (χ3v) is 6.18. The van der Waals surface area contributed by atoms with Crippen molar-refractivity contribution in [2.24, 2.45) is 11.7 Å². The number of hydrogen-bond donors (Lipinski definition) is 2. The zero-order chi connectivity index (χ0) is 17.0. The maximum Gasteiger partial charge on any atom is 0.222 e. The molecule has 0 aromatic heterocycles. The number of nitrogens with zero attached hydrogens (tertiary/aromatic N) is 1. The Bertz CT molecular complexity index is 456. The van der Waals surface area contributed by atoms with Gasteiger partial charge < -0.3 is 15.8 Å². The Morgan fingerprint density at radius 3 is 2.42 bits per heavy atom. The highest BCUT2D eigenvalue weighted by Gasteiger charge is 2.42. The Labute approximate surface area is 144 Å². The van der Waals surface area contributed by atoms with E-state index in [-0.39, 0.29) is 29.3 Å². The molecule has 0 spiro atoms. The lowest BCUT2D eigenvalue weighted by Crippen LogP contribution is -2.55. The molecule has 3 rings (SSSR count). The minimum Gasteiger partial charge on any atom is -0.379 e. The van der Waals surface area contributed by atoms with Crippen LogP contribution in [0.15, 0.2) is 0 Å². The fraction of sp³-hybridized carbons (Fsp3) is 0.889. The van der Waals surface area contributed by atoms with E-state index >= 15 is 0 Å². The molecule has 0 aromatic carbocycles. The molecule has 2 unspecified atom stereocenters. The molecule has 6 nitrogen and oxygen atoms in total. The summed E-state index contributed by atoms with van der Waals surface area (Å²) in [6.07, 6.45) is 8.85. The van der Waals surface area contributed by atoms with Gasteiger partial charge in [-0.3, -0.25) is 14.5 Å². The van der Waals surface area contributed by atoms with Crippen molar-refractivity contribution in [3.8, 4) is 0 Å². The van der Waals surface area contributed by atoms with Gasteiger partial charge in [0, 0.05) is 31.1 Å². The van der Waals surface area contributed by atoms with E-state index in [4.69, 9.17) is 10.5 Å². The van der Waals surface area contributed by atoms with Crippen LogP contribution in [0.2, 0.25) is 0 Å². The van der Waals surface area contributed by atoms with Crippen LogP contribution in [0.4, 0.5) is 0 Å².